The van der Waals surface area contributed by atoms with Crippen LogP contribution in [-0.2, 0) is 6.42 Å². The van der Waals surface area contributed by atoms with Gasteiger partial charge < -0.3 is 10.4 Å². The number of phenols is 1. The molecule has 1 heterocycles. The number of benzene rings is 1. The lowest BCUT2D eigenvalue weighted by Crippen LogP contribution is -2.22. The number of fused-ring (bicyclic) bond motifs is 1. The zero-order chi connectivity index (χ0) is 10.8. The summed E-state index contributed by atoms with van der Waals surface area (Å²) in [6.45, 7) is 2.16. The highest BCUT2D eigenvalue weighted by Crippen LogP contribution is 2.33. The van der Waals surface area contributed by atoms with E-state index in [1.54, 1.807) is 17.4 Å². The summed E-state index contributed by atoms with van der Waals surface area (Å²) in [5.41, 5.74) is 0. The van der Waals surface area contributed by atoms with Crippen molar-refractivity contribution in [1.82, 2.24) is 5.32 Å². The van der Waals surface area contributed by atoms with E-state index in [2.05, 4.69) is 18.3 Å². The van der Waals surface area contributed by atoms with Gasteiger partial charge in [0.05, 0.1) is 4.70 Å². The first-order valence-corrected chi connectivity index (χ1v) is 5.90. The van der Waals surface area contributed by atoms with Gasteiger partial charge in [0.1, 0.15) is 5.75 Å². The number of likely N-dealkylation sites (N-methyl/N-ethyl adjacent to an activating group) is 1. The first-order chi connectivity index (χ1) is 7.20. The minimum atomic E-state index is 0.390. The van der Waals surface area contributed by atoms with E-state index in [4.69, 9.17) is 0 Å². The van der Waals surface area contributed by atoms with Gasteiger partial charge in [0, 0.05) is 10.9 Å². The quantitative estimate of drug-likeness (QED) is 0.835. The third-order valence-corrected chi connectivity index (χ3v) is 3.77. The van der Waals surface area contributed by atoms with Crippen LogP contribution in [0.15, 0.2) is 24.3 Å². The summed E-state index contributed by atoms with van der Waals surface area (Å²) in [6.07, 6.45) is 1.01. The molecule has 0 aliphatic carbocycles. The number of nitrogens with one attached hydrogen (secondary N) is 1. The monoisotopic (exact) mass is 221 g/mol. The van der Waals surface area contributed by atoms with Crippen LogP contribution in [-0.4, -0.2) is 18.2 Å². The number of thiophene rings is 1. The average Bonchev–Trinajstić information content (AvgIpc) is 2.62. The second kappa shape index (κ2) is 4.21. The molecule has 0 fully saturated rings. The molecule has 0 spiro atoms. The van der Waals surface area contributed by atoms with Crippen molar-refractivity contribution in [2.75, 3.05) is 7.05 Å². The molecule has 1 unspecified atom stereocenters. The molecular formula is C12H15NOS. The summed E-state index contributed by atoms with van der Waals surface area (Å²) >= 11 is 1.68. The maximum absolute atomic E-state index is 9.67. The molecule has 80 valence electrons. The van der Waals surface area contributed by atoms with Crippen LogP contribution in [0.5, 0.6) is 5.75 Å². The molecule has 15 heavy (non-hydrogen) atoms. The first-order valence-electron chi connectivity index (χ1n) is 5.08. The van der Waals surface area contributed by atoms with Crippen molar-refractivity contribution < 1.29 is 5.11 Å². The minimum absolute atomic E-state index is 0.390. The summed E-state index contributed by atoms with van der Waals surface area (Å²) in [5, 5.41) is 14.0. The Labute approximate surface area is 93.6 Å². The van der Waals surface area contributed by atoms with Crippen LogP contribution in [0.3, 0.4) is 0 Å². The maximum Gasteiger partial charge on any atom is 0.133 e. The molecule has 0 amide bonds. The molecule has 2 N–H and O–H groups in total. The van der Waals surface area contributed by atoms with Gasteiger partial charge >= 0.3 is 0 Å². The predicted octanol–water partition coefficient (Wildman–Crippen LogP) is 2.76. The van der Waals surface area contributed by atoms with Crippen molar-refractivity contribution in [2.24, 2.45) is 0 Å². The fourth-order valence-electron chi connectivity index (χ4n) is 1.61. The highest BCUT2D eigenvalue weighted by atomic mass is 32.1. The molecule has 0 bridgehead atoms. The molecule has 0 aliphatic rings. The fourth-order valence-corrected chi connectivity index (χ4v) is 2.80. The molecule has 1 atom stereocenters. The van der Waals surface area contributed by atoms with E-state index in [-0.39, 0.29) is 0 Å². The first kappa shape index (κ1) is 10.5. The van der Waals surface area contributed by atoms with Gasteiger partial charge in [-0.3, -0.25) is 0 Å². The molecule has 1 aromatic heterocycles. The predicted molar refractivity (Wildman–Crippen MR) is 65.7 cm³/mol. The lowest BCUT2D eigenvalue weighted by atomic mass is 10.2. The van der Waals surface area contributed by atoms with Gasteiger partial charge in [-0.1, -0.05) is 12.1 Å². The van der Waals surface area contributed by atoms with Crippen LogP contribution in [0.2, 0.25) is 0 Å². The maximum atomic E-state index is 9.67. The minimum Gasteiger partial charge on any atom is -0.506 e. The van der Waals surface area contributed by atoms with Crippen LogP contribution in [0.25, 0.3) is 10.1 Å². The van der Waals surface area contributed by atoms with Gasteiger partial charge in [0.2, 0.25) is 0 Å². The average molecular weight is 221 g/mol. The smallest absolute Gasteiger partial charge is 0.133 e. The Morgan fingerprint density at radius 3 is 2.93 bits per heavy atom. The summed E-state index contributed by atoms with van der Waals surface area (Å²) in [5.74, 6) is 0.390. The Hall–Kier alpha value is -1.06. The highest BCUT2D eigenvalue weighted by molar-refractivity contribution is 7.19. The van der Waals surface area contributed by atoms with Crippen molar-refractivity contribution in [3.8, 4) is 5.75 Å². The molecule has 0 saturated heterocycles. The SMILES string of the molecule is CNC(C)Cc1cc2cccc(O)c2s1. The van der Waals surface area contributed by atoms with Crippen LogP contribution < -0.4 is 5.32 Å². The van der Waals surface area contributed by atoms with E-state index in [1.165, 1.54) is 4.88 Å². The van der Waals surface area contributed by atoms with Crippen molar-refractivity contribution >= 4 is 21.4 Å². The Bertz CT molecular complexity index is 464. The molecule has 0 aliphatic heterocycles. The Morgan fingerprint density at radius 1 is 1.47 bits per heavy atom. The highest BCUT2D eigenvalue weighted by Gasteiger charge is 2.07. The van der Waals surface area contributed by atoms with E-state index in [0.29, 0.717) is 11.8 Å². The number of hydrogen-bond acceptors (Lipinski definition) is 3. The summed E-state index contributed by atoms with van der Waals surface area (Å²) in [4.78, 5) is 1.31. The number of rotatable bonds is 3. The fraction of sp³-hybridized carbons (Fsp3) is 0.333. The molecule has 2 nitrogen and oxygen atoms in total. The third kappa shape index (κ3) is 2.13. The van der Waals surface area contributed by atoms with Gasteiger partial charge in [-0.05, 0) is 37.9 Å². The van der Waals surface area contributed by atoms with Gasteiger partial charge in [-0.2, -0.15) is 0 Å². The lowest BCUT2D eigenvalue weighted by molar-refractivity contribution is 0.482. The molecule has 1 aromatic carbocycles. The van der Waals surface area contributed by atoms with E-state index in [0.717, 1.165) is 16.5 Å². The summed E-state index contributed by atoms with van der Waals surface area (Å²) in [6, 6.07) is 8.30. The van der Waals surface area contributed by atoms with Crippen LogP contribution in [0, 0.1) is 0 Å². The Balaban J connectivity index is 2.35. The topological polar surface area (TPSA) is 32.3 Å². The molecule has 3 heteroatoms. The Morgan fingerprint density at radius 2 is 2.27 bits per heavy atom. The summed E-state index contributed by atoms with van der Waals surface area (Å²) < 4.78 is 0.996. The zero-order valence-corrected chi connectivity index (χ0v) is 9.77. The number of phenolic OH excluding ortho intramolecular Hbond substituents is 1. The van der Waals surface area contributed by atoms with E-state index >= 15 is 0 Å². The Kier molecular flexibility index (Phi) is 2.93. The van der Waals surface area contributed by atoms with Crippen LogP contribution in [0.4, 0.5) is 0 Å². The normalized spacial score (nSPS) is 13.2. The van der Waals surface area contributed by atoms with Crippen molar-refractivity contribution in [3.63, 3.8) is 0 Å². The second-order valence-corrected chi connectivity index (χ2v) is 4.94. The van der Waals surface area contributed by atoms with Crippen LogP contribution >= 0.6 is 11.3 Å². The second-order valence-electron chi connectivity index (χ2n) is 3.80. The van der Waals surface area contributed by atoms with Crippen molar-refractivity contribution in [2.45, 2.75) is 19.4 Å². The zero-order valence-electron chi connectivity index (χ0n) is 8.95. The van der Waals surface area contributed by atoms with Gasteiger partial charge in [0.15, 0.2) is 0 Å². The van der Waals surface area contributed by atoms with Crippen LogP contribution in [0.1, 0.15) is 11.8 Å². The molecule has 0 saturated carbocycles. The van der Waals surface area contributed by atoms with Gasteiger partial charge in [-0.15, -0.1) is 11.3 Å². The van der Waals surface area contributed by atoms with E-state index in [1.807, 2.05) is 19.2 Å². The molecule has 2 aromatic rings. The number of aromatic hydroxyl groups is 1. The largest absolute Gasteiger partial charge is 0.506 e. The third-order valence-electron chi connectivity index (χ3n) is 2.57. The lowest BCUT2D eigenvalue weighted by Gasteiger charge is -2.06. The molecular weight excluding hydrogens is 206 g/mol. The van der Waals surface area contributed by atoms with Crippen molar-refractivity contribution in [3.05, 3.63) is 29.1 Å². The van der Waals surface area contributed by atoms with Crippen molar-refractivity contribution in [1.29, 1.82) is 0 Å². The van der Waals surface area contributed by atoms with E-state index < -0.39 is 0 Å². The molecule has 2 rings (SSSR count). The van der Waals surface area contributed by atoms with Gasteiger partial charge in [-0.25, -0.2) is 0 Å². The summed E-state index contributed by atoms with van der Waals surface area (Å²) in [7, 11) is 1.97. The van der Waals surface area contributed by atoms with Gasteiger partial charge in [0.25, 0.3) is 0 Å². The standard InChI is InChI=1S/C12H15NOS/c1-8(13-2)6-10-7-9-4-3-5-11(14)12(9)15-10/h3-5,7-8,13-14H,6H2,1-2H3. The number of hydrogen-bond donors (Lipinski definition) is 2. The molecule has 0 radical (unpaired) electrons. The van der Waals surface area contributed by atoms with E-state index in [9.17, 15) is 5.11 Å².